The fraction of sp³-hybridized carbons (Fsp3) is 0.700. The van der Waals surface area contributed by atoms with Crippen LogP contribution < -0.4 is 0 Å². The Morgan fingerprint density at radius 3 is 2.55 bits per heavy atom. The average molecular weight is 152 g/mol. The van der Waals surface area contributed by atoms with Crippen LogP contribution in [0.15, 0.2) is 11.1 Å². The van der Waals surface area contributed by atoms with Gasteiger partial charge in [0.1, 0.15) is 6.29 Å². The van der Waals surface area contributed by atoms with Gasteiger partial charge in [-0.05, 0) is 37.2 Å². The molecule has 62 valence electrons. The van der Waals surface area contributed by atoms with Crippen LogP contribution in [0.5, 0.6) is 0 Å². The van der Waals surface area contributed by atoms with Crippen molar-refractivity contribution in [3.05, 3.63) is 11.1 Å². The van der Waals surface area contributed by atoms with Crippen molar-refractivity contribution in [2.75, 3.05) is 0 Å². The number of carbonyl (C=O) groups excluding carboxylic acids is 1. The molecule has 0 spiro atoms. The van der Waals surface area contributed by atoms with E-state index in [1.54, 1.807) is 0 Å². The smallest absolute Gasteiger partial charge is 0.145 e. The zero-order valence-electron chi connectivity index (χ0n) is 7.61. The van der Waals surface area contributed by atoms with Gasteiger partial charge in [0.05, 0.1) is 0 Å². The second kappa shape index (κ2) is 2.80. The van der Waals surface area contributed by atoms with Crippen LogP contribution >= 0.6 is 0 Å². The van der Waals surface area contributed by atoms with E-state index in [0.29, 0.717) is 0 Å². The van der Waals surface area contributed by atoms with Crippen molar-refractivity contribution in [3.63, 3.8) is 0 Å². The fourth-order valence-electron chi connectivity index (χ4n) is 1.68. The maximum absolute atomic E-state index is 10.6. The first-order valence-electron chi connectivity index (χ1n) is 4.23. The summed E-state index contributed by atoms with van der Waals surface area (Å²) in [4.78, 5) is 10.6. The van der Waals surface area contributed by atoms with Crippen LogP contribution in [0.3, 0.4) is 0 Å². The van der Waals surface area contributed by atoms with E-state index in [4.69, 9.17) is 0 Å². The van der Waals surface area contributed by atoms with E-state index in [2.05, 4.69) is 20.8 Å². The Hall–Kier alpha value is -0.590. The van der Waals surface area contributed by atoms with Crippen LogP contribution in [0.1, 0.15) is 40.0 Å². The molecule has 1 aliphatic rings. The first kappa shape index (κ1) is 8.51. The van der Waals surface area contributed by atoms with Crippen molar-refractivity contribution in [2.24, 2.45) is 5.41 Å². The first-order valence-corrected chi connectivity index (χ1v) is 4.23. The Kier molecular flexibility index (Phi) is 2.17. The molecule has 0 fully saturated rings. The molecule has 0 aromatic heterocycles. The summed E-state index contributed by atoms with van der Waals surface area (Å²) >= 11 is 0. The molecule has 0 aromatic rings. The Labute approximate surface area is 68.5 Å². The van der Waals surface area contributed by atoms with Crippen LogP contribution in [0.2, 0.25) is 0 Å². The number of rotatable bonds is 1. The molecule has 0 saturated heterocycles. The van der Waals surface area contributed by atoms with Crippen molar-refractivity contribution in [1.82, 2.24) is 0 Å². The molecule has 0 atom stereocenters. The van der Waals surface area contributed by atoms with Crippen LogP contribution in [0.4, 0.5) is 0 Å². The van der Waals surface area contributed by atoms with E-state index in [0.717, 1.165) is 18.3 Å². The van der Waals surface area contributed by atoms with Gasteiger partial charge >= 0.3 is 0 Å². The van der Waals surface area contributed by atoms with E-state index in [1.807, 2.05) is 0 Å². The quantitative estimate of drug-likeness (QED) is 0.528. The third-order valence-corrected chi connectivity index (χ3v) is 2.89. The summed E-state index contributed by atoms with van der Waals surface area (Å²) in [6.07, 6.45) is 4.39. The Bertz CT molecular complexity index is 199. The molecule has 1 aliphatic carbocycles. The van der Waals surface area contributed by atoms with Gasteiger partial charge in [-0.15, -0.1) is 0 Å². The standard InChI is InChI=1S/C10H16O/c1-8-9(7-11)5-4-6-10(8,2)3/h7H,4-6H2,1-3H3. The Balaban J connectivity index is 2.98. The van der Waals surface area contributed by atoms with E-state index in [1.165, 1.54) is 18.4 Å². The van der Waals surface area contributed by atoms with E-state index in [-0.39, 0.29) is 5.41 Å². The topological polar surface area (TPSA) is 17.1 Å². The molecule has 0 aliphatic heterocycles. The monoisotopic (exact) mass is 152 g/mol. The molecule has 0 amide bonds. The molecule has 0 aromatic carbocycles. The van der Waals surface area contributed by atoms with Crippen molar-refractivity contribution in [2.45, 2.75) is 40.0 Å². The summed E-state index contributed by atoms with van der Waals surface area (Å²) in [6.45, 7) is 6.51. The number of aldehydes is 1. The molecule has 0 saturated carbocycles. The second-order valence-electron chi connectivity index (χ2n) is 4.01. The maximum Gasteiger partial charge on any atom is 0.145 e. The average Bonchev–Trinajstić information content (AvgIpc) is 1.95. The second-order valence-corrected chi connectivity index (χ2v) is 4.01. The molecule has 0 bridgehead atoms. The molecular formula is C10H16O. The summed E-state index contributed by atoms with van der Waals surface area (Å²) in [5.74, 6) is 0. The van der Waals surface area contributed by atoms with E-state index >= 15 is 0 Å². The van der Waals surface area contributed by atoms with Gasteiger partial charge < -0.3 is 0 Å². The molecule has 0 heterocycles. The molecule has 1 nitrogen and oxygen atoms in total. The summed E-state index contributed by atoms with van der Waals surface area (Å²) in [7, 11) is 0. The highest BCUT2D eigenvalue weighted by atomic mass is 16.1. The van der Waals surface area contributed by atoms with Gasteiger partial charge in [-0.25, -0.2) is 0 Å². The predicted octanol–water partition coefficient (Wildman–Crippen LogP) is 2.71. The highest BCUT2D eigenvalue weighted by Gasteiger charge is 2.26. The number of carbonyl (C=O) groups is 1. The largest absolute Gasteiger partial charge is 0.298 e. The van der Waals surface area contributed by atoms with Crippen LogP contribution in [-0.2, 0) is 4.79 Å². The van der Waals surface area contributed by atoms with Crippen LogP contribution in [-0.4, -0.2) is 6.29 Å². The van der Waals surface area contributed by atoms with Crippen molar-refractivity contribution >= 4 is 6.29 Å². The number of allylic oxidation sites excluding steroid dienone is 2. The lowest BCUT2D eigenvalue weighted by atomic mass is 9.73. The van der Waals surface area contributed by atoms with Crippen molar-refractivity contribution < 1.29 is 4.79 Å². The van der Waals surface area contributed by atoms with Gasteiger partial charge in [0, 0.05) is 0 Å². The van der Waals surface area contributed by atoms with Gasteiger partial charge in [0.2, 0.25) is 0 Å². The molecule has 11 heavy (non-hydrogen) atoms. The summed E-state index contributed by atoms with van der Waals surface area (Å²) in [6, 6.07) is 0. The van der Waals surface area contributed by atoms with Crippen LogP contribution in [0, 0.1) is 5.41 Å². The van der Waals surface area contributed by atoms with E-state index in [9.17, 15) is 4.79 Å². The molecule has 0 unspecified atom stereocenters. The Morgan fingerprint density at radius 1 is 1.45 bits per heavy atom. The normalized spacial score (nSPS) is 23.5. The zero-order valence-corrected chi connectivity index (χ0v) is 7.61. The Morgan fingerprint density at radius 2 is 2.09 bits per heavy atom. The summed E-state index contributed by atoms with van der Waals surface area (Å²) in [5.41, 5.74) is 2.58. The predicted molar refractivity (Wildman–Crippen MR) is 46.4 cm³/mol. The van der Waals surface area contributed by atoms with Gasteiger partial charge in [-0.3, -0.25) is 4.79 Å². The van der Waals surface area contributed by atoms with Crippen molar-refractivity contribution in [1.29, 1.82) is 0 Å². The highest BCUT2D eigenvalue weighted by molar-refractivity contribution is 5.75. The fourth-order valence-corrected chi connectivity index (χ4v) is 1.68. The van der Waals surface area contributed by atoms with Gasteiger partial charge in [0.25, 0.3) is 0 Å². The van der Waals surface area contributed by atoms with Gasteiger partial charge in [0.15, 0.2) is 0 Å². The molecule has 0 N–H and O–H groups in total. The SMILES string of the molecule is CC1=C(C=O)CCCC1(C)C. The minimum atomic E-state index is 0.258. The van der Waals surface area contributed by atoms with Gasteiger partial charge in [-0.2, -0.15) is 0 Å². The third kappa shape index (κ3) is 1.52. The van der Waals surface area contributed by atoms with Crippen molar-refractivity contribution in [3.8, 4) is 0 Å². The minimum absolute atomic E-state index is 0.258. The van der Waals surface area contributed by atoms with Crippen LogP contribution in [0.25, 0.3) is 0 Å². The molecular weight excluding hydrogens is 136 g/mol. The van der Waals surface area contributed by atoms with E-state index < -0.39 is 0 Å². The molecule has 1 heteroatoms. The first-order chi connectivity index (χ1) is 5.08. The zero-order chi connectivity index (χ0) is 8.48. The highest BCUT2D eigenvalue weighted by Crippen LogP contribution is 2.38. The van der Waals surface area contributed by atoms with Gasteiger partial charge in [-0.1, -0.05) is 19.4 Å². The lowest BCUT2D eigenvalue weighted by Gasteiger charge is -2.31. The summed E-state index contributed by atoms with van der Waals surface area (Å²) in [5, 5.41) is 0. The maximum atomic E-state index is 10.6. The lowest BCUT2D eigenvalue weighted by molar-refractivity contribution is -0.105. The number of hydrogen-bond donors (Lipinski definition) is 0. The number of hydrogen-bond acceptors (Lipinski definition) is 1. The third-order valence-electron chi connectivity index (χ3n) is 2.89. The summed E-state index contributed by atoms with van der Waals surface area (Å²) < 4.78 is 0. The molecule has 0 radical (unpaired) electrons. The minimum Gasteiger partial charge on any atom is -0.298 e. The lowest BCUT2D eigenvalue weighted by Crippen LogP contribution is -2.19. The molecule has 1 rings (SSSR count).